The van der Waals surface area contributed by atoms with Gasteiger partial charge in [-0.15, -0.1) is 0 Å². The predicted octanol–water partition coefficient (Wildman–Crippen LogP) is 1.27. The molecule has 0 unspecified atom stereocenters. The van der Waals surface area contributed by atoms with Crippen molar-refractivity contribution in [2.45, 2.75) is 31.7 Å². The van der Waals surface area contributed by atoms with E-state index in [1.807, 2.05) is 0 Å². The third-order valence-electron chi connectivity index (χ3n) is 6.81. The summed E-state index contributed by atoms with van der Waals surface area (Å²) < 4.78 is 0. The molecule has 2 aliphatic carbocycles. The minimum atomic E-state index is 0.302. The highest BCUT2D eigenvalue weighted by Crippen LogP contribution is 2.43. The maximum atomic E-state index is 9.05. The molecule has 2 aliphatic heterocycles. The Bertz CT molecular complexity index is 411. The largest absolute Gasteiger partial charge is 0.395 e. The van der Waals surface area contributed by atoms with Crippen molar-refractivity contribution in [1.82, 2.24) is 14.7 Å². The van der Waals surface area contributed by atoms with Crippen LogP contribution in [0.2, 0.25) is 0 Å². The van der Waals surface area contributed by atoms with Crippen LogP contribution in [0.15, 0.2) is 12.2 Å². The highest BCUT2D eigenvalue weighted by atomic mass is 16.3. The Morgan fingerprint density at radius 2 is 1.65 bits per heavy atom. The number of fused-ring (bicyclic) bond motifs is 2. The number of aliphatic hydroxyl groups excluding tert-OH is 1. The average molecular weight is 319 g/mol. The third-order valence-corrected chi connectivity index (χ3v) is 6.81. The van der Waals surface area contributed by atoms with E-state index in [1.54, 1.807) is 0 Å². The number of hydrogen-bond acceptors (Lipinski definition) is 4. The first-order chi connectivity index (χ1) is 11.3. The van der Waals surface area contributed by atoms with Crippen LogP contribution >= 0.6 is 0 Å². The molecule has 23 heavy (non-hydrogen) atoms. The van der Waals surface area contributed by atoms with Crippen LogP contribution in [-0.4, -0.2) is 84.8 Å². The molecular weight excluding hydrogens is 286 g/mol. The monoisotopic (exact) mass is 319 g/mol. The molecule has 0 aromatic carbocycles. The van der Waals surface area contributed by atoms with Crippen molar-refractivity contribution in [3.8, 4) is 0 Å². The van der Waals surface area contributed by atoms with Crippen LogP contribution in [0, 0.1) is 17.8 Å². The molecule has 0 aromatic rings. The van der Waals surface area contributed by atoms with E-state index in [2.05, 4.69) is 26.9 Å². The number of likely N-dealkylation sites (tertiary alicyclic amines) is 1. The molecule has 0 amide bonds. The van der Waals surface area contributed by atoms with Gasteiger partial charge >= 0.3 is 0 Å². The molecule has 2 heterocycles. The fourth-order valence-corrected chi connectivity index (χ4v) is 5.40. The van der Waals surface area contributed by atoms with E-state index in [0.717, 1.165) is 43.4 Å². The van der Waals surface area contributed by atoms with E-state index < -0.39 is 0 Å². The van der Waals surface area contributed by atoms with Crippen LogP contribution in [0.3, 0.4) is 0 Å². The first-order valence-corrected chi connectivity index (χ1v) is 9.80. The molecule has 4 aliphatic rings. The smallest absolute Gasteiger partial charge is 0.0558 e. The maximum absolute atomic E-state index is 9.05. The highest BCUT2D eigenvalue weighted by molar-refractivity contribution is 5.10. The summed E-state index contributed by atoms with van der Waals surface area (Å²) in [5.41, 5.74) is 0. The number of piperidine rings is 1. The number of β-amino-alcohol motifs (C(OH)–C–C–N with tert-alkyl or cyclic N) is 1. The zero-order valence-electron chi connectivity index (χ0n) is 14.4. The second-order valence-corrected chi connectivity index (χ2v) is 8.17. The first-order valence-electron chi connectivity index (χ1n) is 9.80. The van der Waals surface area contributed by atoms with Gasteiger partial charge in [0.2, 0.25) is 0 Å². The molecule has 1 N–H and O–H groups in total. The van der Waals surface area contributed by atoms with Gasteiger partial charge < -0.3 is 10.0 Å². The molecule has 2 saturated heterocycles. The van der Waals surface area contributed by atoms with Crippen molar-refractivity contribution < 1.29 is 5.11 Å². The van der Waals surface area contributed by atoms with E-state index in [1.165, 1.54) is 58.4 Å². The van der Waals surface area contributed by atoms with Crippen LogP contribution in [0.5, 0.6) is 0 Å². The molecule has 2 bridgehead atoms. The van der Waals surface area contributed by atoms with Gasteiger partial charge in [0.05, 0.1) is 6.61 Å². The lowest BCUT2D eigenvalue weighted by atomic mass is 9.92. The number of piperazine rings is 1. The number of aliphatic hydroxyl groups is 1. The topological polar surface area (TPSA) is 30.0 Å². The summed E-state index contributed by atoms with van der Waals surface area (Å²) in [7, 11) is 0. The Morgan fingerprint density at radius 3 is 2.26 bits per heavy atom. The molecule has 4 heteroatoms. The summed E-state index contributed by atoms with van der Waals surface area (Å²) in [4.78, 5) is 7.86. The lowest BCUT2D eigenvalue weighted by molar-refractivity contribution is 0.0490. The van der Waals surface area contributed by atoms with Crippen LogP contribution in [0.1, 0.15) is 25.7 Å². The second kappa shape index (κ2) is 7.22. The molecule has 3 fully saturated rings. The summed E-state index contributed by atoms with van der Waals surface area (Å²) in [5.74, 6) is 2.76. The fourth-order valence-electron chi connectivity index (χ4n) is 5.40. The summed E-state index contributed by atoms with van der Waals surface area (Å²) in [5, 5.41) is 9.05. The lowest BCUT2D eigenvalue weighted by Crippen LogP contribution is -2.53. The van der Waals surface area contributed by atoms with Crippen molar-refractivity contribution in [2.75, 3.05) is 59.0 Å². The molecule has 4 rings (SSSR count). The van der Waals surface area contributed by atoms with Crippen LogP contribution in [0.4, 0.5) is 0 Å². The Labute approximate surface area is 141 Å². The molecular formula is C19H33N3O. The van der Waals surface area contributed by atoms with E-state index in [-0.39, 0.29) is 0 Å². The quantitative estimate of drug-likeness (QED) is 0.773. The van der Waals surface area contributed by atoms with Gasteiger partial charge in [-0.2, -0.15) is 0 Å². The van der Waals surface area contributed by atoms with Gasteiger partial charge in [-0.1, -0.05) is 12.2 Å². The number of rotatable bonds is 5. The van der Waals surface area contributed by atoms with Gasteiger partial charge in [-0.25, -0.2) is 0 Å². The zero-order valence-corrected chi connectivity index (χ0v) is 14.4. The van der Waals surface area contributed by atoms with Gasteiger partial charge in [0.25, 0.3) is 0 Å². The van der Waals surface area contributed by atoms with Crippen LogP contribution < -0.4 is 0 Å². The van der Waals surface area contributed by atoms with Crippen molar-refractivity contribution in [3.05, 3.63) is 12.2 Å². The van der Waals surface area contributed by atoms with Gasteiger partial charge in [0, 0.05) is 45.3 Å². The second-order valence-electron chi connectivity index (χ2n) is 8.17. The van der Waals surface area contributed by atoms with Gasteiger partial charge in [0.15, 0.2) is 0 Å². The fraction of sp³-hybridized carbons (Fsp3) is 0.895. The van der Waals surface area contributed by atoms with Crippen molar-refractivity contribution in [3.63, 3.8) is 0 Å². The molecule has 1 saturated carbocycles. The Kier molecular flexibility index (Phi) is 5.04. The summed E-state index contributed by atoms with van der Waals surface area (Å²) in [6, 6.07) is 0.808. The third kappa shape index (κ3) is 3.65. The minimum Gasteiger partial charge on any atom is -0.395 e. The zero-order chi connectivity index (χ0) is 15.6. The normalized spacial score (nSPS) is 37.0. The molecule has 130 valence electrons. The SMILES string of the molecule is OCCN1CCN(C2CCN(C[C@H]3C[C@@H]4C=C[C@H]3C4)CC2)CC1. The number of allylic oxidation sites excluding steroid dienone is 2. The minimum absolute atomic E-state index is 0.302. The summed E-state index contributed by atoms with van der Waals surface area (Å²) in [6.07, 6.45) is 10.6. The van der Waals surface area contributed by atoms with Crippen LogP contribution in [0.25, 0.3) is 0 Å². The molecule has 3 atom stereocenters. The Balaban J connectivity index is 1.19. The number of hydrogen-bond donors (Lipinski definition) is 1. The summed E-state index contributed by atoms with van der Waals surface area (Å²) >= 11 is 0. The van der Waals surface area contributed by atoms with Gasteiger partial charge in [-0.05, 0) is 56.5 Å². The predicted molar refractivity (Wildman–Crippen MR) is 93.4 cm³/mol. The van der Waals surface area contributed by atoms with Crippen molar-refractivity contribution in [2.24, 2.45) is 17.8 Å². The summed E-state index contributed by atoms with van der Waals surface area (Å²) in [6.45, 7) is 9.78. The van der Waals surface area contributed by atoms with Gasteiger partial charge in [0.1, 0.15) is 0 Å². The van der Waals surface area contributed by atoms with E-state index in [9.17, 15) is 0 Å². The van der Waals surface area contributed by atoms with E-state index in [4.69, 9.17) is 5.11 Å². The standard InChI is InChI=1S/C19H33N3O/c23-12-11-20-7-9-22(10-8-20)19-3-5-21(6-4-19)15-18-14-16-1-2-17(18)13-16/h1-2,16-19,23H,3-15H2/t16-,17+,18-/m1/s1. The van der Waals surface area contributed by atoms with E-state index >= 15 is 0 Å². The van der Waals surface area contributed by atoms with E-state index in [0.29, 0.717) is 6.61 Å². The molecule has 0 spiro atoms. The van der Waals surface area contributed by atoms with Gasteiger partial charge in [-0.3, -0.25) is 9.80 Å². The highest BCUT2D eigenvalue weighted by Gasteiger charge is 2.37. The first kappa shape index (κ1) is 16.1. The van der Waals surface area contributed by atoms with Crippen LogP contribution in [-0.2, 0) is 0 Å². The molecule has 0 radical (unpaired) electrons. The average Bonchev–Trinajstić information content (AvgIpc) is 3.20. The van der Waals surface area contributed by atoms with Crippen molar-refractivity contribution in [1.29, 1.82) is 0 Å². The number of nitrogens with zero attached hydrogens (tertiary/aromatic N) is 3. The van der Waals surface area contributed by atoms with Crippen molar-refractivity contribution >= 4 is 0 Å². The molecule has 0 aromatic heterocycles. The Morgan fingerprint density at radius 1 is 0.870 bits per heavy atom. The maximum Gasteiger partial charge on any atom is 0.0558 e. The lowest BCUT2D eigenvalue weighted by Gasteiger charge is -2.43. The molecule has 4 nitrogen and oxygen atoms in total. The Hall–Kier alpha value is -0.420.